The lowest BCUT2D eigenvalue weighted by atomic mass is 9.85. The van der Waals surface area contributed by atoms with Crippen molar-refractivity contribution in [3.63, 3.8) is 0 Å². The summed E-state index contributed by atoms with van der Waals surface area (Å²) in [5.74, 6) is 2.75. The summed E-state index contributed by atoms with van der Waals surface area (Å²) in [6.07, 6.45) is 1.91. The number of anilines is 4. The molecule has 1 aliphatic heterocycles. The zero-order valence-corrected chi connectivity index (χ0v) is 34.3. The Balaban J connectivity index is 1.21. The van der Waals surface area contributed by atoms with Gasteiger partial charge in [-0.05, 0) is 124 Å². The van der Waals surface area contributed by atoms with Gasteiger partial charge in [0, 0.05) is 40.5 Å². The average Bonchev–Trinajstić information content (AvgIpc) is 3.76. The molecule has 0 radical (unpaired) electrons. The highest BCUT2D eigenvalue weighted by Crippen LogP contribution is 2.47. The van der Waals surface area contributed by atoms with Gasteiger partial charge in [0.25, 0.3) is 0 Å². The molecule has 0 aliphatic carbocycles. The Bertz CT molecular complexity index is 2790. The Morgan fingerprint density at radius 1 is 0.603 bits per heavy atom. The normalized spacial score (nSPS) is 13.0. The third-order valence-corrected chi connectivity index (χ3v) is 11.5. The highest BCUT2D eigenvalue weighted by molar-refractivity contribution is 6.09. The molecule has 2 aromatic heterocycles. The summed E-state index contributed by atoms with van der Waals surface area (Å²) in [5.41, 5.74) is 12.4. The van der Waals surface area contributed by atoms with Gasteiger partial charge < -0.3 is 14.5 Å². The fourth-order valence-corrected chi connectivity index (χ4v) is 8.51. The third-order valence-electron chi connectivity index (χ3n) is 11.5. The molecule has 0 amide bonds. The molecular formula is C52H49FN4O. The maximum Gasteiger partial charge on any atom is 0.137 e. The second-order valence-corrected chi connectivity index (χ2v) is 17.1. The number of ether oxygens (including phenoxy) is 1. The van der Waals surface area contributed by atoms with Gasteiger partial charge in [0.15, 0.2) is 0 Å². The maximum absolute atomic E-state index is 14.1. The highest BCUT2D eigenvalue weighted by atomic mass is 19.1. The van der Waals surface area contributed by atoms with E-state index in [1.165, 1.54) is 39.8 Å². The molecule has 1 aliphatic rings. The van der Waals surface area contributed by atoms with Crippen LogP contribution in [0, 0.1) is 5.82 Å². The molecule has 8 aromatic rings. The zero-order chi connectivity index (χ0) is 40.3. The number of halogens is 1. The molecule has 3 heterocycles. The van der Waals surface area contributed by atoms with E-state index in [0.717, 1.165) is 62.0 Å². The predicted octanol–water partition coefficient (Wildman–Crippen LogP) is 14.6. The molecule has 6 heteroatoms. The van der Waals surface area contributed by atoms with Gasteiger partial charge in [-0.3, -0.25) is 4.57 Å². The Hall–Kier alpha value is -6.40. The molecular weight excluding hydrogens is 716 g/mol. The van der Waals surface area contributed by atoms with Gasteiger partial charge >= 0.3 is 0 Å². The quantitative estimate of drug-likeness (QED) is 0.154. The molecule has 0 atom stereocenters. The fourth-order valence-electron chi connectivity index (χ4n) is 8.51. The van der Waals surface area contributed by atoms with Gasteiger partial charge in [-0.15, -0.1) is 0 Å². The lowest BCUT2D eigenvalue weighted by Gasteiger charge is -2.25. The van der Waals surface area contributed by atoms with Gasteiger partial charge in [0.05, 0.1) is 22.4 Å². The predicted molar refractivity (Wildman–Crippen MR) is 239 cm³/mol. The van der Waals surface area contributed by atoms with Crippen LogP contribution in [-0.4, -0.2) is 16.2 Å². The van der Waals surface area contributed by atoms with Crippen molar-refractivity contribution in [1.82, 2.24) is 9.55 Å². The van der Waals surface area contributed by atoms with E-state index in [1.807, 2.05) is 18.3 Å². The minimum atomic E-state index is -0.249. The van der Waals surface area contributed by atoms with E-state index in [2.05, 4.69) is 178 Å². The van der Waals surface area contributed by atoms with Crippen LogP contribution in [0.4, 0.5) is 27.1 Å². The van der Waals surface area contributed by atoms with Crippen molar-refractivity contribution >= 4 is 44.6 Å². The molecule has 0 unspecified atom stereocenters. The standard InChI is InChI=1S/C52H49FN4O/c1-33(2)42-14-12-15-43(34(3)4)51(42)35-27-39(56-32-55(38-21-19-37(53)20-22-38)47-17-10-11-18-48(47)56)30-41(28-35)58-40-23-24-45-44-13-8-9-16-46(44)57(49(45)31-40)50-29-36(25-26-54-50)52(5,6)7/h8-31,33-34H,32H2,1-7H3. The summed E-state index contributed by atoms with van der Waals surface area (Å²) in [7, 11) is 0. The Labute approximate surface area is 341 Å². The number of pyridine rings is 1. The first-order chi connectivity index (χ1) is 27.9. The van der Waals surface area contributed by atoms with Crippen LogP contribution in [0.25, 0.3) is 38.8 Å². The fraction of sp³-hybridized carbons (Fsp3) is 0.212. The van der Waals surface area contributed by atoms with Crippen LogP contribution >= 0.6 is 0 Å². The van der Waals surface area contributed by atoms with E-state index in [0.29, 0.717) is 18.5 Å². The van der Waals surface area contributed by atoms with Crippen LogP contribution < -0.4 is 14.5 Å². The number of nitrogens with zero attached hydrogens (tertiary/aromatic N) is 4. The number of aromatic nitrogens is 2. The van der Waals surface area contributed by atoms with Crippen LogP contribution in [0.2, 0.25) is 0 Å². The van der Waals surface area contributed by atoms with E-state index >= 15 is 0 Å². The second kappa shape index (κ2) is 14.5. The van der Waals surface area contributed by atoms with Gasteiger partial charge in [0.1, 0.15) is 29.8 Å². The zero-order valence-electron chi connectivity index (χ0n) is 34.3. The van der Waals surface area contributed by atoms with Crippen molar-refractivity contribution in [1.29, 1.82) is 0 Å². The molecule has 0 fully saturated rings. The minimum Gasteiger partial charge on any atom is -0.457 e. The Morgan fingerprint density at radius 2 is 1.26 bits per heavy atom. The molecule has 9 rings (SSSR count). The Kier molecular flexibility index (Phi) is 9.31. The highest BCUT2D eigenvalue weighted by Gasteiger charge is 2.29. The van der Waals surface area contributed by atoms with Gasteiger partial charge in [0.2, 0.25) is 0 Å². The van der Waals surface area contributed by atoms with Crippen molar-refractivity contribution in [2.75, 3.05) is 16.5 Å². The molecule has 290 valence electrons. The molecule has 0 bridgehead atoms. The topological polar surface area (TPSA) is 33.5 Å². The number of hydrogen-bond acceptors (Lipinski definition) is 4. The van der Waals surface area contributed by atoms with Crippen LogP contribution in [-0.2, 0) is 5.41 Å². The van der Waals surface area contributed by atoms with Crippen molar-refractivity contribution in [3.05, 3.63) is 168 Å². The third kappa shape index (κ3) is 6.66. The first-order valence-corrected chi connectivity index (χ1v) is 20.3. The summed E-state index contributed by atoms with van der Waals surface area (Å²) in [6, 6.07) is 47.8. The number of para-hydroxylation sites is 3. The second-order valence-electron chi connectivity index (χ2n) is 17.1. The number of benzene rings is 6. The van der Waals surface area contributed by atoms with Crippen molar-refractivity contribution < 1.29 is 9.13 Å². The van der Waals surface area contributed by atoms with E-state index < -0.39 is 0 Å². The summed E-state index contributed by atoms with van der Waals surface area (Å²) in [5, 5.41) is 2.31. The SMILES string of the molecule is CC(C)c1cccc(C(C)C)c1-c1cc(Oc2ccc3c4ccccc4n(-c4cc(C(C)(C)C)ccn4)c3c2)cc(N2CN(c3ccc(F)cc3)c3ccccc32)c1. The van der Waals surface area contributed by atoms with Gasteiger partial charge in [-0.25, -0.2) is 9.37 Å². The Morgan fingerprint density at radius 3 is 1.95 bits per heavy atom. The van der Waals surface area contributed by atoms with Crippen molar-refractivity contribution in [2.24, 2.45) is 0 Å². The first-order valence-electron chi connectivity index (χ1n) is 20.3. The average molecular weight is 765 g/mol. The molecule has 58 heavy (non-hydrogen) atoms. The first kappa shape index (κ1) is 37.2. The smallest absolute Gasteiger partial charge is 0.137 e. The van der Waals surface area contributed by atoms with Crippen LogP contribution in [0.1, 0.15) is 77.0 Å². The molecule has 0 N–H and O–H groups in total. The number of fused-ring (bicyclic) bond motifs is 4. The van der Waals surface area contributed by atoms with E-state index in [1.54, 1.807) is 0 Å². The van der Waals surface area contributed by atoms with Crippen LogP contribution in [0.3, 0.4) is 0 Å². The maximum atomic E-state index is 14.1. The largest absolute Gasteiger partial charge is 0.457 e. The lowest BCUT2D eigenvalue weighted by Crippen LogP contribution is -2.24. The molecule has 5 nitrogen and oxygen atoms in total. The molecule has 0 spiro atoms. The van der Waals surface area contributed by atoms with Crippen LogP contribution in [0.15, 0.2) is 146 Å². The number of rotatable bonds is 8. The van der Waals surface area contributed by atoms with Gasteiger partial charge in [-0.2, -0.15) is 0 Å². The van der Waals surface area contributed by atoms with E-state index in [-0.39, 0.29) is 11.2 Å². The molecule has 0 saturated carbocycles. The minimum absolute atomic E-state index is 0.0248. The lowest BCUT2D eigenvalue weighted by molar-refractivity contribution is 0.483. The summed E-state index contributed by atoms with van der Waals surface area (Å²) in [6.45, 7) is 16.3. The van der Waals surface area contributed by atoms with Crippen molar-refractivity contribution in [3.8, 4) is 28.4 Å². The van der Waals surface area contributed by atoms with E-state index in [4.69, 9.17) is 9.72 Å². The monoisotopic (exact) mass is 764 g/mol. The molecule has 0 saturated heterocycles. The summed E-state index contributed by atoms with van der Waals surface area (Å²) < 4.78 is 23.3. The molecule has 6 aromatic carbocycles. The van der Waals surface area contributed by atoms with E-state index in [9.17, 15) is 4.39 Å². The number of hydrogen-bond donors (Lipinski definition) is 0. The summed E-state index contributed by atoms with van der Waals surface area (Å²) >= 11 is 0. The van der Waals surface area contributed by atoms with Crippen molar-refractivity contribution in [2.45, 2.75) is 65.7 Å². The van der Waals surface area contributed by atoms with Gasteiger partial charge in [-0.1, -0.05) is 97.0 Å². The summed E-state index contributed by atoms with van der Waals surface area (Å²) in [4.78, 5) is 9.47. The van der Waals surface area contributed by atoms with Crippen LogP contribution in [0.5, 0.6) is 11.5 Å².